The van der Waals surface area contributed by atoms with Gasteiger partial charge in [-0.1, -0.05) is 34.6 Å². The Morgan fingerprint density at radius 3 is 2.44 bits per heavy atom. The number of carbonyl (C=O) groups excluding carboxylic acids is 2. The second-order valence-electron chi connectivity index (χ2n) is 6.71. The van der Waals surface area contributed by atoms with Crippen LogP contribution in [0.2, 0.25) is 0 Å². The Kier molecular flexibility index (Phi) is 4.77. The lowest BCUT2D eigenvalue weighted by Gasteiger charge is -2.34. The molecule has 1 N–H and O–H groups in total. The van der Waals surface area contributed by atoms with E-state index in [4.69, 9.17) is 0 Å². The highest BCUT2D eigenvalue weighted by molar-refractivity contribution is 5.94. The van der Waals surface area contributed by atoms with E-state index in [0.29, 0.717) is 6.54 Å². The minimum Gasteiger partial charge on any atom is -0.343 e. The van der Waals surface area contributed by atoms with Gasteiger partial charge in [-0.2, -0.15) is 0 Å². The zero-order chi connectivity index (χ0) is 13.9. The molecule has 0 spiro atoms. The lowest BCUT2D eigenvalue weighted by molar-refractivity contribution is -0.145. The second-order valence-corrected chi connectivity index (χ2v) is 6.71. The summed E-state index contributed by atoms with van der Waals surface area (Å²) >= 11 is 0. The van der Waals surface area contributed by atoms with Crippen molar-refractivity contribution in [1.82, 2.24) is 10.2 Å². The maximum atomic E-state index is 12.2. The predicted molar refractivity (Wildman–Crippen MR) is 72.0 cm³/mol. The van der Waals surface area contributed by atoms with Crippen molar-refractivity contribution in [2.75, 3.05) is 13.1 Å². The summed E-state index contributed by atoms with van der Waals surface area (Å²) in [7, 11) is 0. The van der Waals surface area contributed by atoms with E-state index >= 15 is 0 Å². The SMILES string of the molecule is CC(C)C1NC(=O)CN(CCCC(C)(C)C)C1=O. The third kappa shape index (κ3) is 4.31. The summed E-state index contributed by atoms with van der Waals surface area (Å²) in [5, 5.41) is 2.77. The van der Waals surface area contributed by atoms with Crippen LogP contribution in [0.5, 0.6) is 0 Å². The fourth-order valence-electron chi connectivity index (χ4n) is 2.17. The molecule has 0 radical (unpaired) electrons. The molecule has 1 rings (SSSR count). The molecule has 0 bridgehead atoms. The van der Waals surface area contributed by atoms with E-state index in [0.717, 1.165) is 12.8 Å². The molecule has 0 aromatic carbocycles. The Bertz CT molecular complexity index is 318. The highest BCUT2D eigenvalue weighted by Gasteiger charge is 2.34. The zero-order valence-electron chi connectivity index (χ0n) is 12.2. The molecule has 0 aromatic heterocycles. The third-order valence-corrected chi connectivity index (χ3v) is 3.25. The Balaban J connectivity index is 2.54. The molecule has 0 saturated carbocycles. The quantitative estimate of drug-likeness (QED) is 0.831. The van der Waals surface area contributed by atoms with Crippen LogP contribution in [0.4, 0.5) is 0 Å². The maximum Gasteiger partial charge on any atom is 0.245 e. The first-order chi connectivity index (χ1) is 8.20. The number of piperazine rings is 1. The molecule has 1 aliphatic rings. The number of hydrogen-bond donors (Lipinski definition) is 1. The minimum absolute atomic E-state index is 0.0379. The van der Waals surface area contributed by atoms with E-state index in [1.54, 1.807) is 4.90 Å². The van der Waals surface area contributed by atoms with Gasteiger partial charge in [-0.05, 0) is 24.2 Å². The van der Waals surface area contributed by atoms with E-state index in [9.17, 15) is 9.59 Å². The van der Waals surface area contributed by atoms with Crippen molar-refractivity contribution in [3.05, 3.63) is 0 Å². The molecule has 18 heavy (non-hydrogen) atoms. The van der Waals surface area contributed by atoms with Crippen LogP contribution in [0.15, 0.2) is 0 Å². The second kappa shape index (κ2) is 5.72. The minimum atomic E-state index is -0.346. The summed E-state index contributed by atoms with van der Waals surface area (Å²) in [4.78, 5) is 25.5. The molecule has 1 unspecified atom stereocenters. The van der Waals surface area contributed by atoms with Crippen LogP contribution in [0.25, 0.3) is 0 Å². The number of rotatable bonds is 4. The number of nitrogens with one attached hydrogen (secondary N) is 1. The Morgan fingerprint density at radius 1 is 1.33 bits per heavy atom. The molecular formula is C14H26N2O2. The van der Waals surface area contributed by atoms with Gasteiger partial charge in [-0.15, -0.1) is 0 Å². The van der Waals surface area contributed by atoms with E-state index in [-0.39, 0.29) is 35.7 Å². The van der Waals surface area contributed by atoms with Crippen molar-refractivity contribution >= 4 is 11.8 Å². The summed E-state index contributed by atoms with van der Waals surface area (Å²) in [5.74, 6) is 0.175. The molecule has 2 amide bonds. The van der Waals surface area contributed by atoms with E-state index in [1.165, 1.54) is 0 Å². The van der Waals surface area contributed by atoms with Gasteiger partial charge < -0.3 is 10.2 Å². The maximum absolute atomic E-state index is 12.2. The fraction of sp³-hybridized carbons (Fsp3) is 0.857. The van der Waals surface area contributed by atoms with Crippen LogP contribution in [0.3, 0.4) is 0 Å². The van der Waals surface area contributed by atoms with Gasteiger partial charge in [0.15, 0.2) is 0 Å². The molecule has 1 aliphatic heterocycles. The van der Waals surface area contributed by atoms with Gasteiger partial charge in [-0.25, -0.2) is 0 Å². The zero-order valence-corrected chi connectivity index (χ0v) is 12.2. The molecule has 1 atom stereocenters. The van der Waals surface area contributed by atoms with Crippen molar-refractivity contribution < 1.29 is 9.59 Å². The van der Waals surface area contributed by atoms with E-state index in [2.05, 4.69) is 26.1 Å². The molecule has 1 saturated heterocycles. The number of amides is 2. The lowest BCUT2D eigenvalue weighted by Crippen LogP contribution is -2.59. The largest absolute Gasteiger partial charge is 0.343 e. The van der Waals surface area contributed by atoms with E-state index < -0.39 is 0 Å². The average Bonchev–Trinajstić information content (AvgIpc) is 2.20. The highest BCUT2D eigenvalue weighted by atomic mass is 16.2. The predicted octanol–water partition coefficient (Wildman–Crippen LogP) is 1.80. The summed E-state index contributed by atoms with van der Waals surface area (Å²) in [6.45, 7) is 11.4. The van der Waals surface area contributed by atoms with Gasteiger partial charge in [-0.3, -0.25) is 9.59 Å². The van der Waals surface area contributed by atoms with Crippen LogP contribution in [0, 0.1) is 11.3 Å². The number of carbonyl (C=O) groups is 2. The van der Waals surface area contributed by atoms with Gasteiger partial charge in [0, 0.05) is 6.54 Å². The van der Waals surface area contributed by atoms with Crippen molar-refractivity contribution in [1.29, 1.82) is 0 Å². The topological polar surface area (TPSA) is 49.4 Å². The summed E-state index contributed by atoms with van der Waals surface area (Å²) in [6, 6.07) is -0.346. The van der Waals surface area contributed by atoms with Gasteiger partial charge in [0.05, 0.1) is 6.54 Å². The third-order valence-electron chi connectivity index (χ3n) is 3.25. The Hall–Kier alpha value is -1.06. The molecule has 1 fully saturated rings. The summed E-state index contributed by atoms with van der Waals surface area (Å²) in [5.41, 5.74) is 0.276. The fourth-order valence-corrected chi connectivity index (χ4v) is 2.17. The van der Waals surface area contributed by atoms with Crippen LogP contribution < -0.4 is 5.32 Å². The van der Waals surface area contributed by atoms with Crippen molar-refractivity contribution in [2.24, 2.45) is 11.3 Å². The smallest absolute Gasteiger partial charge is 0.245 e. The van der Waals surface area contributed by atoms with Crippen molar-refractivity contribution in [3.63, 3.8) is 0 Å². The average molecular weight is 254 g/mol. The number of hydrogen-bond acceptors (Lipinski definition) is 2. The van der Waals surface area contributed by atoms with E-state index in [1.807, 2.05) is 13.8 Å². The first-order valence-corrected chi connectivity index (χ1v) is 6.79. The monoisotopic (exact) mass is 254 g/mol. The normalized spacial score (nSPS) is 21.4. The molecule has 104 valence electrons. The van der Waals surface area contributed by atoms with Gasteiger partial charge in [0.1, 0.15) is 6.04 Å². The Labute approximate surface area is 110 Å². The molecule has 4 heteroatoms. The molecule has 0 aromatic rings. The van der Waals surface area contributed by atoms with Crippen LogP contribution in [-0.4, -0.2) is 35.8 Å². The van der Waals surface area contributed by atoms with Crippen LogP contribution in [-0.2, 0) is 9.59 Å². The van der Waals surface area contributed by atoms with Gasteiger partial charge in [0.25, 0.3) is 0 Å². The van der Waals surface area contributed by atoms with Crippen LogP contribution >= 0.6 is 0 Å². The highest BCUT2D eigenvalue weighted by Crippen LogP contribution is 2.21. The lowest BCUT2D eigenvalue weighted by atomic mass is 9.90. The summed E-state index contributed by atoms with van der Waals surface area (Å²) in [6.07, 6.45) is 2.01. The standard InChI is InChI=1S/C14H26N2O2/c1-10(2)12-13(18)16(9-11(17)15-12)8-6-7-14(3,4)5/h10,12H,6-9H2,1-5H3,(H,15,17). The summed E-state index contributed by atoms with van der Waals surface area (Å²) < 4.78 is 0. The first-order valence-electron chi connectivity index (χ1n) is 6.79. The molecular weight excluding hydrogens is 228 g/mol. The Morgan fingerprint density at radius 2 is 1.94 bits per heavy atom. The van der Waals surface area contributed by atoms with Gasteiger partial charge >= 0.3 is 0 Å². The number of nitrogens with zero attached hydrogens (tertiary/aromatic N) is 1. The van der Waals surface area contributed by atoms with Crippen molar-refractivity contribution in [3.8, 4) is 0 Å². The molecule has 4 nitrogen and oxygen atoms in total. The van der Waals surface area contributed by atoms with Gasteiger partial charge in [0.2, 0.25) is 11.8 Å². The van der Waals surface area contributed by atoms with Crippen molar-refractivity contribution in [2.45, 2.75) is 53.5 Å². The van der Waals surface area contributed by atoms with Crippen LogP contribution in [0.1, 0.15) is 47.5 Å². The first kappa shape index (κ1) is 15.0. The molecule has 1 heterocycles. The molecule has 0 aliphatic carbocycles.